The molecule has 0 spiro atoms. The van der Waals surface area contributed by atoms with Crippen LogP contribution in [0.1, 0.15) is 27.2 Å². The Balaban J connectivity index is 1.98. The minimum atomic E-state index is -1.01. The molecule has 0 unspecified atom stereocenters. The SMILES string of the molecule is CC(C)(C)OC(=O)N[C@@H]1C[C@@H]2SC[C@@H](C(=O)O)N2C1=O. The third kappa shape index (κ3) is 3.00. The van der Waals surface area contributed by atoms with Crippen LogP contribution < -0.4 is 5.32 Å². The van der Waals surface area contributed by atoms with Crippen LogP contribution in [0, 0.1) is 0 Å². The molecule has 0 aromatic rings. The van der Waals surface area contributed by atoms with Gasteiger partial charge >= 0.3 is 12.1 Å². The van der Waals surface area contributed by atoms with Crippen LogP contribution in [0.15, 0.2) is 0 Å². The molecule has 7 nitrogen and oxygen atoms in total. The molecule has 3 atom stereocenters. The number of carboxylic acids is 1. The van der Waals surface area contributed by atoms with Crippen LogP contribution >= 0.6 is 11.8 Å². The van der Waals surface area contributed by atoms with Gasteiger partial charge in [0, 0.05) is 12.2 Å². The van der Waals surface area contributed by atoms with Crippen LogP contribution in [0.5, 0.6) is 0 Å². The molecule has 0 aromatic carbocycles. The van der Waals surface area contributed by atoms with Gasteiger partial charge in [-0.25, -0.2) is 9.59 Å². The summed E-state index contributed by atoms with van der Waals surface area (Å²) >= 11 is 1.43. The molecular formula is C12H18N2O5S. The number of thioether (sulfide) groups is 1. The highest BCUT2D eigenvalue weighted by Crippen LogP contribution is 2.37. The van der Waals surface area contributed by atoms with E-state index in [-0.39, 0.29) is 11.3 Å². The van der Waals surface area contributed by atoms with Gasteiger partial charge in [-0.3, -0.25) is 4.79 Å². The fraction of sp³-hybridized carbons (Fsp3) is 0.750. The van der Waals surface area contributed by atoms with Gasteiger partial charge in [-0.15, -0.1) is 11.8 Å². The van der Waals surface area contributed by atoms with Crippen molar-refractivity contribution in [2.45, 2.75) is 50.3 Å². The second-order valence-electron chi connectivity index (χ2n) is 5.82. The van der Waals surface area contributed by atoms with Crippen LogP contribution in [0.2, 0.25) is 0 Å². The van der Waals surface area contributed by atoms with Crippen LogP contribution in [-0.2, 0) is 14.3 Å². The largest absolute Gasteiger partial charge is 0.480 e. The molecule has 2 heterocycles. The number of alkyl carbamates (subject to hydrolysis) is 1. The van der Waals surface area contributed by atoms with Crippen molar-refractivity contribution in [1.82, 2.24) is 10.2 Å². The van der Waals surface area contributed by atoms with E-state index in [9.17, 15) is 14.4 Å². The fourth-order valence-electron chi connectivity index (χ4n) is 2.28. The van der Waals surface area contributed by atoms with Gasteiger partial charge < -0.3 is 20.1 Å². The van der Waals surface area contributed by atoms with E-state index in [0.717, 1.165) is 0 Å². The maximum absolute atomic E-state index is 12.2. The maximum atomic E-state index is 12.2. The summed E-state index contributed by atoms with van der Waals surface area (Å²) in [4.78, 5) is 36.3. The summed E-state index contributed by atoms with van der Waals surface area (Å²) in [6.45, 7) is 5.20. The smallest absolute Gasteiger partial charge is 0.408 e. The monoisotopic (exact) mass is 302 g/mol. The topological polar surface area (TPSA) is 95.9 Å². The van der Waals surface area contributed by atoms with Gasteiger partial charge in [0.15, 0.2) is 0 Å². The van der Waals surface area contributed by atoms with Crippen molar-refractivity contribution in [2.24, 2.45) is 0 Å². The van der Waals surface area contributed by atoms with Crippen LogP contribution in [0.25, 0.3) is 0 Å². The summed E-state index contributed by atoms with van der Waals surface area (Å²) in [5, 5.41) is 11.4. The zero-order valence-corrected chi connectivity index (χ0v) is 12.4. The molecule has 2 aliphatic rings. The molecule has 2 rings (SSSR count). The number of carbonyl (C=O) groups excluding carboxylic acids is 2. The van der Waals surface area contributed by atoms with E-state index in [1.54, 1.807) is 20.8 Å². The van der Waals surface area contributed by atoms with Crippen molar-refractivity contribution >= 4 is 29.7 Å². The molecule has 0 aromatic heterocycles. The molecule has 0 radical (unpaired) electrons. The number of carbonyl (C=O) groups is 3. The van der Waals surface area contributed by atoms with Gasteiger partial charge in [-0.2, -0.15) is 0 Å². The van der Waals surface area contributed by atoms with Crippen molar-refractivity contribution < 1.29 is 24.2 Å². The summed E-state index contributed by atoms with van der Waals surface area (Å²) in [5.41, 5.74) is -0.639. The summed E-state index contributed by atoms with van der Waals surface area (Å²) in [7, 11) is 0. The lowest BCUT2D eigenvalue weighted by molar-refractivity contribution is -0.147. The Morgan fingerprint density at radius 3 is 2.65 bits per heavy atom. The minimum absolute atomic E-state index is 0.177. The molecule has 112 valence electrons. The Hall–Kier alpha value is -1.44. The molecule has 2 fully saturated rings. The predicted molar refractivity (Wildman–Crippen MR) is 72.3 cm³/mol. The van der Waals surface area contributed by atoms with Crippen molar-refractivity contribution in [3.63, 3.8) is 0 Å². The lowest BCUT2D eigenvalue weighted by Gasteiger charge is -2.22. The normalized spacial score (nSPS) is 29.2. The summed E-state index contributed by atoms with van der Waals surface area (Å²) in [5.74, 6) is -0.963. The van der Waals surface area contributed by atoms with E-state index >= 15 is 0 Å². The highest BCUT2D eigenvalue weighted by Gasteiger charge is 2.50. The highest BCUT2D eigenvalue weighted by molar-refractivity contribution is 8.00. The van der Waals surface area contributed by atoms with Gasteiger partial charge in [0.05, 0.1) is 5.37 Å². The predicted octanol–water partition coefficient (Wildman–Crippen LogP) is 0.638. The average molecular weight is 302 g/mol. The maximum Gasteiger partial charge on any atom is 0.408 e. The molecule has 0 aliphatic carbocycles. The molecule has 0 bridgehead atoms. The van der Waals surface area contributed by atoms with E-state index in [1.807, 2.05) is 0 Å². The Kier molecular flexibility index (Phi) is 3.86. The number of nitrogens with one attached hydrogen (secondary N) is 1. The number of aliphatic carboxylic acids is 1. The zero-order chi connectivity index (χ0) is 15.1. The molecule has 2 saturated heterocycles. The third-order valence-electron chi connectivity index (χ3n) is 3.06. The summed E-state index contributed by atoms with van der Waals surface area (Å²) < 4.78 is 5.10. The van der Waals surface area contributed by atoms with E-state index in [0.29, 0.717) is 12.2 Å². The lowest BCUT2D eigenvalue weighted by atomic mass is 10.2. The molecule has 2 aliphatic heterocycles. The van der Waals surface area contributed by atoms with Crippen LogP contribution in [-0.4, -0.2) is 56.8 Å². The number of nitrogens with zero attached hydrogens (tertiary/aromatic N) is 1. The number of hydrogen-bond acceptors (Lipinski definition) is 5. The van der Waals surface area contributed by atoms with E-state index in [1.165, 1.54) is 16.7 Å². The highest BCUT2D eigenvalue weighted by atomic mass is 32.2. The Labute approximate surface area is 121 Å². The molecule has 0 saturated carbocycles. The van der Waals surface area contributed by atoms with E-state index < -0.39 is 29.7 Å². The van der Waals surface area contributed by atoms with Crippen molar-refractivity contribution in [1.29, 1.82) is 0 Å². The molecule has 2 N–H and O–H groups in total. The fourth-order valence-corrected chi connectivity index (χ4v) is 3.73. The van der Waals surface area contributed by atoms with E-state index in [4.69, 9.17) is 9.84 Å². The first-order valence-corrected chi connectivity index (χ1v) is 7.40. The standard InChI is InChI=1S/C12H18N2O5S/c1-12(2,3)19-11(18)13-6-4-8-14(9(6)15)7(5-20-8)10(16)17/h6-8H,4-5H2,1-3H3,(H,13,18)(H,16,17)/t6-,7+,8+/m1/s1. The quantitative estimate of drug-likeness (QED) is 0.777. The first-order chi connectivity index (χ1) is 9.19. The first-order valence-electron chi connectivity index (χ1n) is 6.35. The van der Waals surface area contributed by atoms with Crippen LogP contribution in [0.3, 0.4) is 0 Å². The Morgan fingerprint density at radius 2 is 2.10 bits per heavy atom. The summed E-state index contributed by atoms with van der Waals surface area (Å²) in [6, 6.07) is -1.51. The Morgan fingerprint density at radius 1 is 1.45 bits per heavy atom. The van der Waals surface area contributed by atoms with Gasteiger partial charge in [-0.1, -0.05) is 0 Å². The lowest BCUT2D eigenvalue weighted by Crippen LogP contribution is -2.47. The first kappa shape index (κ1) is 15.0. The van der Waals surface area contributed by atoms with E-state index in [2.05, 4.69) is 5.32 Å². The van der Waals surface area contributed by atoms with Gasteiger partial charge in [0.1, 0.15) is 17.7 Å². The number of carboxylic acid groups (broad SMARTS) is 1. The molecular weight excluding hydrogens is 284 g/mol. The zero-order valence-electron chi connectivity index (χ0n) is 11.6. The van der Waals surface area contributed by atoms with Crippen molar-refractivity contribution in [2.75, 3.05) is 5.75 Å². The number of hydrogen-bond donors (Lipinski definition) is 2. The second-order valence-corrected chi connectivity index (χ2v) is 7.03. The summed E-state index contributed by atoms with van der Waals surface area (Å²) in [6.07, 6.45) is -0.249. The van der Waals surface area contributed by atoms with Gasteiger partial charge in [0.25, 0.3) is 0 Å². The van der Waals surface area contributed by atoms with Gasteiger partial charge in [-0.05, 0) is 20.8 Å². The number of fused-ring (bicyclic) bond motifs is 1. The van der Waals surface area contributed by atoms with Crippen molar-refractivity contribution in [3.8, 4) is 0 Å². The second kappa shape index (κ2) is 5.16. The average Bonchev–Trinajstić information content (AvgIpc) is 2.78. The number of rotatable bonds is 2. The third-order valence-corrected chi connectivity index (χ3v) is 4.37. The molecule has 2 amide bonds. The Bertz CT molecular complexity index is 448. The number of amides is 2. The van der Waals surface area contributed by atoms with Crippen LogP contribution in [0.4, 0.5) is 4.79 Å². The number of ether oxygens (including phenoxy) is 1. The molecule has 20 heavy (non-hydrogen) atoms. The molecule has 8 heteroatoms. The van der Waals surface area contributed by atoms with Crippen molar-refractivity contribution in [3.05, 3.63) is 0 Å². The van der Waals surface area contributed by atoms with Gasteiger partial charge in [0.2, 0.25) is 5.91 Å². The minimum Gasteiger partial charge on any atom is -0.480 e.